The number of benzene rings is 2. The van der Waals surface area contributed by atoms with E-state index in [1.54, 1.807) is 0 Å². The maximum atomic E-state index is 13.1. The monoisotopic (exact) mass is 447 g/mol. The molecule has 2 heterocycles. The fraction of sp³-hybridized carbons (Fsp3) is 0.250. The van der Waals surface area contributed by atoms with Gasteiger partial charge in [-0.05, 0) is 43.2 Å². The Balaban J connectivity index is 1.62. The van der Waals surface area contributed by atoms with Crippen molar-refractivity contribution >= 4 is 27.6 Å². The average Bonchev–Trinajstić information content (AvgIpc) is 3.24. The van der Waals surface area contributed by atoms with Crippen LogP contribution in [0.1, 0.15) is 12.8 Å². The molecule has 0 saturated carbocycles. The molecule has 0 aliphatic carbocycles. The van der Waals surface area contributed by atoms with Gasteiger partial charge in [-0.15, -0.1) is 10.2 Å². The topological polar surface area (TPSA) is 114 Å². The van der Waals surface area contributed by atoms with Crippen LogP contribution < -0.4 is 0 Å². The normalized spacial score (nSPS) is 15.9. The molecule has 0 unspecified atom stereocenters. The molecule has 0 radical (unpaired) electrons. The fourth-order valence-electron chi connectivity index (χ4n) is 3.35. The number of nitrogens with zero attached hydrogens (tertiary/aromatic N) is 3. The summed E-state index contributed by atoms with van der Waals surface area (Å²) in [5.74, 6) is -1.01. The molecule has 1 aromatic heterocycles. The molecule has 0 amide bonds. The summed E-state index contributed by atoms with van der Waals surface area (Å²) in [6.45, 7) is 0.298. The van der Waals surface area contributed by atoms with Crippen LogP contribution in [0.25, 0.3) is 22.9 Å². The summed E-state index contributed by atoms with van der Waals surface area (Å²) in [5, 5.41) is 17.4. The van der Waals surface area contributed by atoms with Gasteiger partial charge in [-0.25, -0.2) is 8.42 Å². The summed E-state index contributed by atoms with van der Waals surface area (Å²) in [6, 6.07) is 13.5. The van der Waals surface area contributed by atoms with E-state index in [0.29, 0.717) is 11.5 Å². The molecule has 0 atom stereocenters. The molecule has 10 heteroatoms. The van der Waals surface area contributed by atoms with Crippen molar-refractivity contribution in [2.75, 3.05) is 13.1 Å². The number of carboxylic acid groups (broad SMARTS) is 1. The Morgan fingerprint density at radius 2 is 1.73 bits per heavy atom. The van der Waals surface area contributed by atoms with Gasteiger partial charge >= 0.3 is 5.97 Å². The first kappa shape index (κ1) is 20.5. The highest BCUT2D eigenvalue weighted by atomic mass is 35.5. The number of carboxylic acids is 1. The van der Waals surface area contributed by atoms with Crippen molar-refractivity contribution in [3.05, 3.63) is 53.6 Å². The maximum Gasteiger partial charge on any atom is 0.306 e. The van der Waals surface area contributed by atoms with Crippen molar-refractivity contribution in [1.82, 2.24) is 14.5 Å². The van der Waals surface area contributed by atoms with Crippen molar-refractivity contribution in [3.63, 3.8) is 0 Å². The SMILES string of the molecule is O=C(O)C1CCN(S(=O)(=O)c2ccc(Cl)c(-c3nnc(-c4ccccc4)o3)c2)CC1. The zero-order valence-corrected chi connectivity index (χ0v) is 17.3. The van der Waals surface area contributed by atoms with E-state index in [1.807, 2.05) is 30.3 Å². The molecule has 1 N–H and O–H groups in total. The Hall–Kier alpha value is -2.75. The van der Waals surface area contributed by atoms with Gasteiger partial charge in [0.1, 0.15) is 0 Å². The van der Waals surface area contributed by atoms with Crippen LogP contribution in [-0.4, -0.2) is 47.1 Å². The van der Waals surface area contributed by atoms with Crippen molar-refractivity contribution in [1.29, 1.82) is 0 Å². The molecule has 0 spiro atoms. The molecule has 1 aliphatic heterocycles. The number of hydrogen-bond acceptors (Lipinski definition) is 6. The van der Waals surface area contributed by atoms with Crippen LogP contribution in [0.4, 0.5) is 0 Å². The maximum absolute atomic E-state index is 13.1. The third-order valence-electron chi connectivity index (χ3n) is 5.05. The van der Waals surface area contributed by atoms with Crippen LogP contribution in [0, 0.1) is 5.92 Å². The van der Waals surface area contributed by atoms with Crippen molar-refractivity contribution < 1.29 is 22.7 Å². The Kier molecular flexibility index (Phi) is 5.59. The predicted octanol–water partition coefficient (Wildman–Crippen LogP) is 3.54. The van der Waals surface area contributed by atoms with Crippen LogP contribution in [0.2, 0.25) is 5.02 Å². The van der Waals surface area contributed by atoms with Gasteiger partial charge in [0.05, 0.1) is 21.4 Å². The number of aromatic nitrogens is 2. The largest absolute Gasteiger partial charge is 0.481 e. The first-order valence-corrected chi connectivity index (χ1v) is 11.1. The lowest BCUT2D eigenvalue weighted by Crippen LogP contribution is -2.40. The zero-order valence-electron chi connectivity index (χ0n) is 15.7. The lowest BCUT2D eigenvalue weighted by atomic mass is 9.99. The van der Waals surface area contributed by atoms with Crippen LogP contribution in [0.15, 0.2) is 57.8 Å². The first-order chi connectivity index (χ1) is 14.4. The molecule has 8 nitrogen and oxygen atoms in total. The summed E-state index contributed by atoms with van der Waals surface area (Å²) in [4.78, 5) is 11.2. The lowest BCUT2D eigenvalue weighted by Gasteiger charge is -2.29. The highest BCUT2D eigenvalue weighted by Gasteiger charge is 2.32. The Morgan fingerprint density at radius 1 is 1.07 bits per heavy atom. The van der Waals surface area contributed by atoms with Crippen molar-refractivity contribution in [2.45, 2.75) is 17.7 Å². The summed E-state index contributed by atoms with van der Waals surface area (Å²) < 4.78 is 33.1. The minimum atomic E-state index is -3.81. The van der Waals surface area contributed by atoms with Crippen LogP contribution in [0.5, 0.6) is 0 Å². The van der Waals surface area contributed by atoms with E-state index in [-0.39, 0.29) is 41.7 Å². The van der Waals surface area contributed by atoms with Gasteiger partial charge in [0.2, 0.25) is 21.8 Å². The lowest BCUT2D eigenvalue weighted by molar-refractivity contribution is -0.142. The van der Waals surface area contributed by atoms with E-state index in [2.05, 4.69) is 10.2 Å². The number of sulfonamides is 1. The van der Waals surface area contributed by atoms with Crippen LogP contribution in [-0.2, 0) is 14.8 Å². The average molecular weight is 448 g/mol. The predicted molar refractivity (Wildman–Crippen MR) is 109 cm³/mol. The van der Waals surface area contributed by atoms with Gasteiger partial charge in [0.15, 0.2) is 0 Å². The first-order valence-electron chi connectivity index (χ1n) is 9.28. The van der Waals surface area contributed by atoms with Gasteiger partial charge in [-0.1, -0.05) is 29.8 Å². The quantitative estimate of drug-likeness (QED) is 0.636. The highest BCUT2D eigenvalue weighted by molar-refractivity contribution is 7.89. The third kappa shape index (κ3) is 3.96. The van der Waals surface area contributed by atoms with E-state index in [1.165, 1.54) is 22.5 Å². The minimum absolute atomic E-state index is 0.0372. The van der Waals surface area contributed by atoms with Crippen molar-refractivity contribution in [2.24, 2.45) is 5.92 Å². The number of hydrogen-bond donors (Lipinski definition) is 1. The van der Waals surface area contributed by atoms with Gasteiger partial charge in [0, 0.05) is 18.7 Å². The van der Waals surface area contributed by atoms with E-state index >= 15 is 0 Å². The summed E-state index contributed by atoms with van der Waals surface area (Å²) >= 11 is 6.27. The molecule has 4 rings (SSSR count). The Morgan fingerprint density at radius 3 is 2.40 bits per heavy atom. The molecule has 30 heavy (non-hydrogen) atoms. The molecule has 0 bridgehead atoms. The molecule has 3 aromatic rings. The van der Waals surface area contributed by atoms with E-state index in [4.69, 9.17) is 21.1 Å². The van der Waals surface area contributed by atoms with Crippen molar-refractivity contribution in [3.8, 4) is 22.9 Å². The summed E-state index contributed by atoms with van der Waals surface area (Å²) in [5.41, 5.74) is 1.05. The second kappa shape index (κ2) is 8.17. The third-order valence-corrected chi connectivity index (χ3v) is 7.28. The molecule has 156 valence electrons. The summed E-state index contributed by atoms with van der Waals surface area (Å²) in [7, 11) is -3.81. The number of halogens is 1. The summed E-state index contributed by atoms with van der Waals surface area (Å²) in [6.07, 6.45) is 0.554. The van der Waals surface area contributed by atoms with Gasteiger partial charge in [-0.3, -0.25) is 4.79 Å². The molecule has 1 aliphatic rings. The number of rotatable bonds is 5. The molecular formula is C20H18ClN3O5S. The second-order valence-electron chi connectivity index (χ2n) is 6.94. The number of aliphatic carboxylic acids is 1. The van der Waals surface area contributed by atoms with Gasteiger partial charge in [-0.2, -0.15) is 4.31 Å². The van der Waals surface area contributed by atoms with E-state index < -0.39 is 21.9 Å². The molecule has 2 aromatic carbocycles. The number of carbonyl (C=O) groups is 1. The Bertz CT molecular complexity index is 1170. The van der Waals surface area contributed by atoms with Gasteiger partial charge < -0.3 is 9.52 Å². The van der Waals surface area contributed by atoms with Crippen LogP contribution >= 0.6 is 11.6 Å². The molecule has 1 saturated heterocycles. The van der Waals surface area contributed by atoms with Gasteiger partial charge in [0.25, 0.3) is 0 Å². The standard InChI is InChI=1S/C20H18ClN3O5S/c21-17-7-6-15(30(27,28)24-10-8-14(9-11-24)20(25)26)12-16(17)19-23-22-18(29-19)13-4-2-1-3-5-13/h1-7,12,14H,8-11H2,(H,25,26). The fourth-order valence-corrected chi connectivity index (χ4v) is 5.05. The Labute approximate surface area is 178 Å². The molecule has 1 fully saturated rings. The van der Waals surface area contributed by atoms with E-state index in [0.717, 1.165) is 5.56 Å². The number of piperidine rings is 1. The van der Waals surface area contributed by atoms with Crippen LogP contribution in [0.3, 0.4) is 0 Å². The highest BCUT2D eigenvalue weighted by Crippen LogP contribution is 2.33. The smallest absolute Gasteiger partial charge is 0.306 e. The minimum Gasteiger partial charge on any atom is -0.481 e. The zero-order chi connectivity index (χ0) is 21.3. The molecular weight excluding hydrogens is 430 g/mol. The van der Waals surface area contributed by atoms with E-state index in [9.17, 15) is 13.2 Å². The second-order valence-corrected chi connectivity index (χ2v) is 9.28.